The average Bonchev–Trinajstić information content (AvgIpc) is 2.70. The zero-order valence-electron chi connectivity index (χ0n) is 15.7. The number of aromatic nitrogens is 1. The Kier molecular flexibility index (Phi) is 6.89. The third-order valence-electron chi connectivity index (χ3n) is 3.84. The van der Waals surface area contributed by atoms with Crippen LogP contribution in [0.1, 0.15) is 0 Å². The summed E-state index contributed by atoms with van der Waals surface area (Å²) in [5, 5.41) is 10.2. The number of diazo groups is 1. The Morgan fingerprint density at radius 3 is 2.31 bits per heavy atom. The van der Waals surface area contributed by atoms with Crippen LogP contribution in [0.25, 0.3) is 27.0 Å². The van der Waals surface area contributed by atoms with Crippen LogP contribution in [0.15, 0.2) is 42.6 Å². The summed E-state index contributed by atoms with van der Waals surface area (Å²) in [4.78, 5) is 7.79. The number of nitrogens with zero attached hydrogens (tertiary/aromatic N) is 3. The molecule has 0 aliphatic carbocycles. The fourth-order valence-electron chi connectivity index (χ4n) is 2.71. The monoisotopic (exact) mass is 419 g/mol. The molecule has 1 N–H and O–H groups in total. The Bertz CT molecular complexity index is 1170. The summed E-state index contributed by atoms with van der Waals surface area (Å²) >= 11 is 0. The molecule has 0 radical (unpaired) electrons. The maximum atomic E-state index is 9.36. The van der Waals surface area contributed by atoms with Crippen molar-refractivity contribution in [1.29, 1.82) is 5.39 Å². The predicted molar refractivity (Wildman–Crippen MR) is 104 cm³/mol. The van der Waals surface area contributed by atoms with E-state index < -0.39 is 10.4 Å². The third-order valence-corrected chi connectivity index (χ3v) is 3.84. The summed E-state index contributed by atoms with van der Waals surface area (Å²) in [6.45, 7) is 0. The first kappa shape index (κ1) is 21.8. The van der Waals surface area contributed by atoms with Crippen LogP contribution in [0, 0.1) is 5.39 Å². The molecule has 1 aromatic heterocycles. The van der Waals surface area contributed by atoms with E-state index in [9.17, 15) is 5.39 Å². The van der Waals surface area contributed by atoms with Crippen molar-refractivity contribution >= 4 is 27.0 Å². The maximum Gasteiger partial charge on any atom is 0.393 e. The quantitative estimate of drug-likeness (QED) is 0.381. The molecule has 11 heteroatoms. The van der Waals surface area contributed by atoms with Crippen LogP contribution in [0.2, 0.25) is 0 Å². The summed E-state index contributed by atoms with van der Waals surface area (Å²) in [6.07, 6.45) is 1.69. The lowest BCUT2D eigenvalue weighted by Gasteiger charge is -2.13. The van der Waals surface area contributed by atoms with Crippen molar-refractivity contribution in [1.82, 2.24) is 4.98 Å². The molecule has 0 unspecified atom stereocenters. The van der Waals surface area contributed by atoms with Gasteiger partial charge in [-0.25, -0.2) is 8.42 Å². The van der Waals surface area contributed by atoms with Gasteiger partial charge in [-0.2, -0.15) is 0 Å². The lowest BCUT2D eigenvalue weighted by Crippen LogP contribution is -1.95. The first-order chi connectivity index (χ1) is 13.7. The molecule has 0 saturated carbocycles. The van der Waals surface area contributed by atoms with Gasteiger partial charge in [-0.15, -0.1) is 0 Å². The van der Waals surface area contributed by atoms with Gasteiger partial charge in [-0.1, -0.05) is 6.07 Å². The second kappa shape index (κ2) is 9.16. The van der Waals surface area contributed by atoms with Crippen LogP contribution in [-0.4, -0.2) is 43.8 Å². The predicted octanol–water partition coefficient (Wildman–Crippen LogP) is 3.42. The molecular formula is C18H17N3O7S. The average molecular weight is 419 g/mol. The molecule has 0 aliphatic heterocycles. The minimum Gasteiger partial charge on any atom is -0.726 e. The molecule has 3 rings (SSSR count). The van der Waals surface area contributed by atoms with Gasteiger partial charge in [0.25, 0.3) is 0 Å². The van der Waals surface area contributed by atoms with E-state index in [1.807, 2.05) is 24.3 Å². The summed E-state index contributed by atoms with van der Waals surface area (Å²) < 4.78 is 49.0. The minimum atomic E-state index is -4.92. The molecule has 0 spiro atoms. The van der Waals surface area contributed by atoms with Gasteiger partial charge in [0.2, 0.25) is 15.8 Å². The van der Waals surface area contributed by atoms with E-state index in [-0.39, 0.29) is 0 Å². The molecule has 2 aromatic carbocycles. The summed E-state index contributed by atoms with van der Waals surface area (Å²) in [6, 6.07) is 10.8. The lowest BCUT2D eigenvalue weighted by molar-refractivity contribution is 0.358. The van der Waals surface area contributed by atoms with Crippen molar-refractivity contribution in [2.45, 2.75) is 0 Å². The second-order valence-electron chi connectivity index (χ2n) is 5.47. The van der Waals surface area contributed by atoms with E-state index in [4.69, 9.17) is 31.7 Å². The highest BCUT2D eigenvalue weighted by Crippen LogP contribution is 2.44. The number of benzene rings is 2. The molecule has 10 nitrogen and oxygen atoms in total. The second-order valence-corrected chi connectivity index (χ2v) is 6.33. The highest BCUT2D eigenvalue weighted by atomic mass is 32.3. The Labute approximate surface area is 166 Å². The standard InChI is InChI=1S/C18H16N3O3.H2O4S/c1-22-11-6-7-15(21-19)14(9-11)13-10-16(23-2)18(24-3)17-12(13)5-4-8-20-17;1-5(2,3)4/h4-10H,1-3H3;(H2,1,2,3,4)/q+1;/p-1. The summed E-state index contributed by atoms with van der Waals surface area (Å²) in [5.41, 5.74) is 2.60. The zero-order valence-corrected chi connectivity index (χ0v) is 16.5. The molecule has 0 bridgehead atoms. The number of pyridine rings is 1. The van der Waals surface area contributed by atoms with Crippen LogP contribution in [0.5, 0.6) is 17.2 Å². The van der Waals surface area contributed by atoms with E-state index in [1.165, 1.54) is 0 Å². The van der Waals surface area contributed by atoms with Gasteiger partial charge in [0, 0.05) is 23.2 Å². The van der Waals surface area contributed by atoms with Gasteiger partial charge in [-0.05, 0) is 24.3 Å². The number of hydrogen-bond donors (Lipinski definition) is 1. The van der Waals surface area contributed by atoms with Crippen molar-refractivity contribution in [2.75, 3.05) is 21.3 Å². The molecule has 152 valence electrons. The molecule has 3 aromatic rings. The summed E-state index contributed by atoms with van der Waals surface area (Å²) in [7, 11) is -0.186. The van der Waals surface area contributed by atoms with Crippen LogP contribution in [-0.2, 0) is 10.4 Å². The van der Waals surface area contributed by atoms with Gasteiger partial charge in [0.1, 0.15) is 11.3 Å². The largest absolute Gasteiger partial charge is 0.726 e. The number of fused-ring (bicyclic) bond motifs is 1. The van der Waals surface area contributed by atoms with Crippen molar-refractivity contribution in [3.8, 4) is 28.4 Å². The van der Waals surface area contributed by atoms with Crippen molar-refractivity contribution in [3.63, 3.8) is 0 Å². The Balaban J connectivity index is 0.000000537. The fraction of sp³-hybridized carbons (Fsp3) is 0.167. The van der Waals surface area contributed by atoms with Crippen LogP contribution in [0.4, 0.5) is 5.69 Å². The van der Waals surface area contributed by atoms with Gasteiger partial charge >= 0.3 is 5.69 Å². The smallest absolute Gasteiger partial charge is 0.393 e. The zero-order chi connectivity index (χ0) is 21.6. The topological polar surface area (TPSA) is 146 Å². The van der Waals surface area contributed by atoms with E-state index in [1.54, 1.807) is 39.7 Å². The summed E-state index contributed by atoms with van der Waals surface area (Å²) in [5.74, 6) is 1.76. The van der Waals surface area contributed by atoms with Crippen LogP contribution >= 0.6 is 0 Å². The van der Waals surface area contributed by atoms with E-state index in [2.05, 4.69) is 9.96 Å². The normalized spacial score (nSPS) is 10.5. The molecule has 0 aliphatic rings. The van der Waals surface area contributed by atoms with Crippen molar-refractivity contribution in [2.24, 2.45) is 0 Å². The minimum absolute atomic E-state index is 0.424. The third kappa shape index (κ3) is 5.29. The Morgan fingerprint density at radius 1 is 1.07 bits per heavy atom. The first-order valence-electron chi connectivity index (χ1n) is 7.95. The molecular weight excluding hydrogens is 402 g/mol. The highest BCUT2D eigenvalue weighted by molar-refractivity contribution is 7.79. The van der Waals surface area contributed by atoms with E-state index >= 15 is 0 Å². The Morgan fingerprint density at radius 2 is 1.76 bits per heavy atom. The number of ether oxygens (including phenoxy) is 3. The SMILES string of the molecule is COc1ccc([N+]#N)c(-c2cc(OC)c(OC)c3ncccc23)c1.O=S(=O)([O-])O. The van der Waals surface area contributed by atoms with Crippen molar-refractivity contribution in [3.05, 3.63) is 47.6 Å². The van der Waals surface area contributed by atoms with Gasteiger partial charge in [-0.3, -0.25) is 9.54 Å². The van der Waals surface area contributed by atoms with E-state index in [0.717, 1.165) is 10.9 Å². The fourth-order valence-corrected chi connectivity index (χ4v) is 2.71. The molecule has 29 heavy (non-hydrogen) atoms. The molecule has 0 fully saturated rings. The van der Waals surface area contributed by atoms with Gasteiger partial charge < -0.3 is 18.8 Å². The van der Waals surface area contributed by atoms with Gasteiger partial charge in [0.15, 0.2) is 16.5 Å². The van der Waals surface area contributed by atoms with Gasteiger partial charge in [0.05, 0.1) is 26.9 Å². The Hall–Kier alpha value is -3.46. The lowest BCUT2D eigenvalue weighted by atomic mass is 9.98. The van der Waals surface area contributed by atoms with Crippen LogP contribution < -0.4 is 14.2 Å². The first-order valence-corrected chi connectivity index (χ1v) is 9.31. The maximum absolute atomic E-state index is 9.36. The number of methoxy groups -OCH3 is 3. The number of hydrogen-bond acceptors (Lipinski definition) is 8. The molecule has 0 saturated heterocycles. The molecule has 1 heterocycles. The molecule has 0 amide bonds. The molecule has 0 atom stereocenters. The van der Waals surface area contributed by atoms with Crippen LogP contribution in [0.3, 0.4) is 0 Å². The highest BCUT2D eigenvalue weighted by Gasteiger charge is 2.22. The van der Waals surface area contributed by atoms with Crippen molar-refractivity contribution < 1.29 is 31.7 Å². The van der Waals surface area contributed by atoms with E-state index in [0.29, 0.717) is 34.0 Å². The number of rotatable bonds is 4.